The second-order valence-corrected chi connectivity index (χ2v) is 4.07. The Morgan fingerprint density at radius 3 is 2.60 bits per heavy atom. The first-order chi connectivity index (χ1) is 7.10. The molecule has 0 radical (unpaired) electrons. The maximum Gasteiger partial charge on any atom is 0.106 e. The van der Waals surface area contributed by atoms with Crippen LogP contribution in [0.15, 0.2) is 18.2 Å². The number of alkyl halides is 1. The molecular weight excluding hydrogens is 281 g/mol. The van der Waals surface area contributed by atoms with Gasteiger partial charge in [-0.1, -0.05) is 33.6 Å². The maximum absolute atomic E-state index is 9.66. The first kappa shape index (κ1) is 12.5. The van der Waals surface area contributed by atoms with Crippen LogP contribution in [0, 0.1) is 11.3 Å². The number of nitrogens with zero attached hydrogens (tertiary/aromatic N) is 1. The average Bonchev–Trinajstić information content (AvgIpc) is 2.26. The highest BCUT2D eigenvalue weighted by molar-refractivity contribution is 9.09. The van der Waals surface area contributed by atoms with Crippen LogP contribution in [0.4, 0.5) is 0 Å². The van der Waals surface area contributed by atoms with E-state index >= 15 is 0 Å². The Balaban J connectivity index is 2.98. The zero-order valence-corrected chi connectivity index (χ0v) is 10.0. The van der Waals surface area contributed by atoms with Gasteiger partial charge in [0.1, 0.15) is 12.2 Å². The van der Waals surface area contributed by atoms with Crippen LogP contribution in [0.25, 0.3) is 0 Å². The molecule has 0 saturated heterocycles. The maximum atomic E-state index is 9.66. The summed E-state index contributed by atoms with van der Waals surface area (Å²) < 4.78 is 0. The van der Waals surface area contributed by atoms with E-state index in [-0.39, 0.29) is 10.4 Å². The largest absolute Gasteiger partial charge is 0.389 e. The number of benzene rings is 1. The lowest BCUT2D eigenvalue weighted by molar-refractivity contribution is 0.0343. The fourth-order valence-corrected chi connectivity index (χ4v) is 1.70. The summed E-state index contributed by atoms with van der Waals surface area (Å²) >= 11 is 8.86. The van der Waals surface area contributed by atoms with Gasteiger partial charge in [0.25, 0.3) is 0 Å². The fraction of sp³-hybridized carbons (Fsp3) is 0.300. The molecule has 1 aromatic carbocycles. The van der Waals surface area contributed by atoms with E-state index in [2.05, 4.69) is 15.9 Å². The molecule has 0 aromatic heterocycles. The van der Waals surface area contributed by atoms with Gasteiger partial charge in [0.15, 0.2) is 0 Å². The molecule has 80 valence electrons. The molecule has 2 unspecified atom stereocenters. The minimum Gasteiger partial charge on any atom is -0.389 e. The molecular formula is C10H9BrClNO2. The highest BCUT2D eigenvalue weighted by atomic mass is 79.9. The molecule has 1 aromatic rings. The van der Waals surface area contributed by atoms with Crippen molar-refractivity contribution in [2.45, 2.75) is 12.2 Å². The van der Waals surface area contributed by atoms with Gasteiger partial charge in [0.05, 0.1) is 16.7 Å². The van der Waals surface area contributed by atoms with Gasteiger partial charge in [-0.25, -0.2) is 0 Å². The summed E-state index contributed by atoms with van der Waals surface area (Å²) in [5, 5.41) is 28.2. The Morgan fingerprint density at radius 2 is 2.13 bits per heavy atom. The monoisotopic (exact) mass is 289 g/mol. The number of rotatable bonds is 3. The van der Waals surface area contributed by atoms with Crippen molar-refractivity contribution < 1.29 is 10.2 Å². The Labute approximate surface area is 101 Å². The molecule has 0 aliphatic carbocycles. The first-order valence-electron chi connectivity index (χ1n) is 4.21. The van der Waals surface area contributed by atoms with Crippen molar-refractivity contribution in [2.75, 3.05) is 5.33 Å². The highest BCUT2D eigenvalue weighted by Crippen LogP contribution is 2.24. The van der Waals surface area contributed by atoms with E-state index in [9.17, 15) is 10.2 Å². The van der Waals surface area contributed by atoms with Gasteiger partial charge >= 0.3 is 0 Å². The third-order valence-electron chi connectivity index (χ3n) is 1.98. The van der Waals surface area contributed by atoms with Gasteiger partial charge in [-0.2, -0.15) is 5.26 Å². The Bertz CT molecular complexity index is 391. The molecule has 2 N–H and O–H groups in total. The van der Waals surface area contributed by atoms with E-state index in [0.717, 1.165) is 0 Å². The van der Waals surface area contributed by atoms with Gasteiger partial charge in [0, 0.05) is 5.33 Å². The smallest absolute Gasteiger partial charge is 0.106 e. The molecule has 0 aliphatic rings. The van der Waals surface area contributed by atoms with Crippen LogP contribution in [0.5, 0.6) is 0 Å². The molecule has 3 nitrogen and oxygen atoms in total. The van der Waals surface area contributed by atoms with E-state index in [1.54, 1.807) is 6.07 Å². The quantitative estimate of drug-likeness (QED) is 0.837. The van der Waals surface area contributed by atoms with Crippen molar-refractivity contribution in [1.29, 1.82) is 5.26 Å². The van der Waals surface area contributed by atoms with Crippen molar-refractivity contribution in [3.63, 3.8) is 0 Å². The first-order valence-corrected chi connectivity index (χ1v) is 5.71. The van der Waals surface area contributed by atoms with E-state index in [1.165, 1.54) is 12.1 Å². The van der Waals surface area contributed by atoms with Crippen LogP contribution in [-0.4, -0.2) is 21.6 Å². The number of hydrogen-bond acceptors (Lipinski definition) is 3. The lowest BCUT2D eigenvalue weighted by Crippen LogP contribution is -2.19. The molecule has 0 spiro atoms. The zero-order chi connectivity index (χ0) is 11.4. The van der Waals surface area contributed by atoms with Crippen molar-refractivity contribution in [3.05, 3.63) is 34.3 Å². The SMILES string of the molecule is N#Cc1ccc(C(O)C(O)CBr)cc1Cl. The molecule has 0 bridgehead atoms. The molecule has 0 fully saturated rings. The van der Waals surface area contributed by atoms with Crippen LogP contribution < -0.4 is 0 Å². The number of nitriles is 1. The standard InChI is InChI=1S/C10H9BrClNO2/c11-4-9(14)10(15)6-1-2-7(5-13)8(12)3-6/h1-3,9-10,14-15H,4H2. The van der Waals surface area contributed by atoms with E-state index in [4.69, 9.17) is 16.9 Å². The third-order valence-corrected chi connectivity index (χ3v) is 2.95. The summed E-state index contributed by atoms with van der Waals surface area (Å²) in [6.45, 7) is 0. The molecule has 2 atom stereocenters. The minimum absolute atomic E-state index is 0.270. The van der Waals surface area contributed by atoms with Crippen LogP contribution >= 0.6 is 27.5 Å². The lowest BCUT2D eigenvalue weighted by atomic mass is 10.0. The van der Waals surface area contributed by atoms with Gasteiger partial charge in [-0.15, -0.1) is 0 Å². The summed E-state index contributed by atoms with van der Waals surface area (Å²) in [4.78, 5) is 0. The van der Waals surface area contributed by atoms with Crippen molar-refractivity contribution in [2.24, 2.45) is 0 Å². The van der Waals surface area contributed by atoms with E-state index < -0.39 is 12.2 Å². The van der Waals surface area contributed by atoms with E-state index in [0.29, 0.717) is 11.1 Å². The van der Waals surface area contributed by atoms with Crippen LogP contribution in [0.1, 0.15) is 17.2 Å². The van der Waals surface area contributed by atoms with Crippen LogP contribution in [-0.2, 0) is 0 Å². The van der Waals surface area contributed by atoms with Gasteiger partial charge in [-0.05, 0) is 17.7 Å². The molecule has 0 amide bonds. The number of halogens is 2. The summed E-state index contributed by atoms with van der Waals surface area (Å²) in [6.07, 6.45) is -1.90. The molecule has 5 heteroatoms. The Kier molecular flexibility index (Phi) is 4.55. The fourth-order valence-electron chi connectivity index (χ4n) is 1.11. The normalized spacial score (nSPS) is 14.3. The molecule has 0 heterocycles. The topological polar surface area (TPSA) is 64.2 Å². The summed E-state index contributed by atoms with van der Waals surface area (Å²) in [6, 6.07) is 6.49. The van der Waals surface area contributed by atoms with Crippen molar-refractivity contribution in [1.82, 2.24) is 0 Å². The predicted molar refractivity (Wildman–Crippen MR) is 60.9 cm³/mol. The summed E-state index contributed by atoms with van der Waals surface area (Å²) in [5.74, 6) is 0. The predicted octanol–water partition coefficient (Wildman–Crippen LogP) is 2.00. The Morgan fingerprint density at radius 1 is 1.47 bits per heavy atom. The second-order valence-electron chi connectivity index (χ2n) is 3.02. The Hall–Kier alpha value is -0.600. The molecule has 1 rings (SSSR count). The minimum atomic E-state index is -1.00. The van der Waals surface area contributed by atoms with Crippen molar-refractivity contribution in [3.8, 4) is 6.07 Å². The van der Waals surface area contributed by atoms with Crippen LogP contribution in [0.3, 0.4) is 0 Å². The summed E-state index contributed by atoms with van der Waals surface area (Å²) in [5.41, 5.74) is 0.840. The van der Waals surface area contributed by atoms with Gasteiger partial charge in [0.2, 0.25) is 0 Å². The van der Waals surface area contributed by atoms with Crippen LogP contribution in [0.2, 0.25) is 5.02 Å². The number of aliphatic hydroxyl groups excluding tert-OH is 2. The second kappa shape index (κ2) is 5.47. The van der Waals surface area contributed by atoms with Gasteiger partial charge in [-0.3, -0.25) is 0 Å². The molecule has 0 aliphatic heterocycles. The van der Waals surface area contributed by atoms with Gasteiger partial charge < -0.3 is 10.2 Å². The third kappa shape index (κ3) is 2.93. The zero-order valence-electron chi connectivity index (χ0n) is 7.69. The molecule has 0 saturated carbocycles. The van der Waals surface area contributed by atoms with Crippen molar-refractivity contribution >= 4 is 27.5 Å². The number of aliphatic hydroxyl groups is 2. The highest BCUT2D eigenvalue weighted by Gasteiger charge is 2.17. The van der Waals surface area contributed by atoms with E-state index in [1.807, 2.05) is 6.07 Å². The average molecular weight is 291 g/mol. The number of hydrogen-bond donors (Lipinski definition) is 2. The summed E-state index contributed by atoms with van der Waals surface area (Å²) in [7, 11) is 0. The molecule has 15 heavy (non-hydrogen) atoms. The lowest BCUT2D eigenvalue weighted by Gasteiger charge is -2.16.